The number of fused-ring (bicyclic) bond motifs is 1. The number of rotatable bonds is 4. The number of hydrogen-bond acceptors (Lipinski definition) is 5. The molecule has 0 aliphatic heterocycles. The van der Waals surface area contributed by atoms with Crippen molar-refractivity contribution in [3.63, 3.8) is 0 Å². The molecule has 5 aromatic heterocycles. The highest BCUT2D eigenvalue weighted by Crippen LogP contribution is 2.26. The fourth-order valence-corrected chi connectivity index (χ4v) is 3.50. The van der Waals surface area contributed by atoms with Crippen molar-refractivity contribution in [1.82, 2.24) is 35.1 Å². The van der Waals surface area contributed by atoms with E-state index in [0.717, 1.165) is 49.7 Å². The SMILES string of the molecule is C=C(/C=c1/c(-c2nc3c(-c4cccnc4)nccc3[nH]2)n[nH]/c1=C/C)c1ccncc1. The molecule has 0 aromatic carbocycles. The Balaban J connectivity index is 1.68. The molecule has 5 aromatic rings. The lowest BCUT2D eigenvalue weighted by atomic mass is 10.1. The molecular formula is C24H19N7. The fourth-order valence-electron chi connectivity index (χ4n) is 3.50. The topological polar surface area (TPSA) is 96.0 Å². The summed E-state index contributed by atoms with van der Waals surface area (Å²) in [6, 6.07) is 9.63. The van der Waals surface area contributed by atoms with E-state index in [1.165, 1.54) is 0 Å². The van der Waals surface area contributed by atoms with Crippen LogP contribution in [0, 0.1) is 0 Å². The number of aromatic amines is 2. The molecule has 5 heterocycles. The average molecular weight is 405 g/mol. The number of nitrogens with zero attached hydrogens (tertiary/aromatic N) is 5. The van der Waals surface area contributed by atoms with E-state index in [-0.39, 0.29) is 0 Å². The van der Waals surface area contributed by atoms with E-state index >= 15 is 0 Å². The molecule has 150 valence electrons. The van der Waals surface area contributed by atoms with Crippen LogP contribution in [0.25, 0.3) is 51.5 Å². The summed E-state index contributed by atoms with van der Waals surface area (Å²) in [7, 11) is 0. The van der Waals surface area contributed by atoms with E-state index in [1.54, 1.807) is 31.0 Å². The minimum atomic E-state index is 0.659. The second kappa shape index (κ2) is 7.79. The Morgan fingerprint density at radius 2 is 1.87 bits per heavy atom. The third kappa shape index (κ3) is 3.42. The van der Waals surface area contributed by atoms with Crippen LogP contribution in [-0.2, 0) is 0 Å². The molecule has 7 heteroatoms. The Labute approximate surface area is 178 Å². The average Bonchev–Trinajstić information content (AvgIpc) is 3.43. The molecule has 0 amide bonds. The molecule has 0 fully saturated rings. The van der Waals surface area contributed by atoms with Crippen LogP contribution in [0.15, 0.2) is 67.9 Å². The molecule has 0 radical (unpaired) electrons. The van der Waals surface area contributed by atoms with Crippen molar-refractivity contribution in [1.29, 1.82) is 0 Å². The van der Waals surface area contributed by atoms with Crippen molar-refractivity contribution in [3.8, 4) is 22.8 Å². The third-order valence-corrected chi connectivity index (χ3v) is 5.05. The number of pyridine rings is 3. The summed E-state index contributed by atoms with van der Waals surface area (Å²) >= 11 is 0. The Morgan fingerprint density at radius 3 is 2.65 bits per heavy atom. The lowest BCUT2D eigenvalue weighted by Gasteiger charge is -1.99. The smallest absolute Gasteiger partial charge is 0.159 e. The number of H-pyrrole nitrogens is 2. The van der Waals surface area contributed by atoms with Crippen LogP contribution in [0.2, 0.25) is 0 Å². The molecule has 0 aliphatic rings. The molecule has 7 nitrogen and oxygen atoms in total. The van der Waals surface area contributed by atoms with Crippen LogP contribution in [0.4, 0.5) is 0 Å². The van der Waals surface area contributed by atoms with Crippen molar-refractivity contribution in [2.24, 2.45) is 0 Å². The van der Waals surface area contributed by atoms with E-state index in [4.69, 9.17) is 4.98 Å². The minimum Gasteiger partial charge on any atom is -0.336 e. The van der Waals surface area contributed by atoms with Gasteiger partial charge in [-0.25, -0.2) is 4.98 Å². The van der Waals surface area contributed by atoms with E-state index in [2.05, 4.69) is 36.7 Å². The van der Waals surface area contributed by atoms with Gasteiger partial charge in [0.2, 0.25) is 0 Å². The highest BCUT2D eigenvalue weighted by molar-refractivity contribution is 5.92. The van der Waals surface area contributed by atoms with Crippen molar-refractivity contribution in [2.75, 3.05) is 0 Å². The van der Waals surface area contributed by atoms with Gasteiger partial charge in [-0.1, -0.05) is 12.7 Å². The van der Waals surface area contributed by atoms with Crippen LogP contribution in [0.3, 0.4) is 0 Å². The van der Waals surface area contributed by atoms with Crippen molar-refractivity contribution < 1.29 is 0 Å². The minimum absolute atomic E-state index is 0.659. The van der Waals surface area contributed by atoms with Gasteiger partial charge in [-0.3, -0.25) is 20.1 Å². The normalized spacial score (nSPS) is 12.5. The summed E-state index contributed by atoms with van der Waals surface area (Å²) in [6.45, 7) is 6.19. The lowest BCUT2D eigenvalue weighted by Crippen LogP contribution is -2.23. The predicted molar refractivity (Wildman–Crippen MR) is 122 cm³/mol. The molecule has 0 spiro atoms. The third-order valence-electron chi connectivity index (χ3n) is 5.05. The molecule has 31 heavy (non-hydrogen) atoms. The van der Waals surface area contributed by atoms with Gasteiger partial charge in [-0.15, -0.1) is 0 Å². The van der Waals surface area contributed by atoms with Crippen LogP contribution < -0.4 is 10.6 Å². The summed E-state index contributed by atoms with van der Waals surface area (Å²) < 4.78 is 0. The number of allylic oxidation sites excluding steroid dienone is 1. The zero-order chi connectivity index (χ0) is 21.2. The molecule has 0 saturated carbocycles. The van der Waals surface area contributed by atoms with E-state index in [0.29, 0.717) is 5.82 Å². The van der Waals surface area contributed by atoms with Crippen molar-refractivity contribution in [2.45, 2.75) is 6.92 Å². The maximum absolute atomic E-state index is 4.85. The van der Waals surface area contributed by atoms with Crippen LogP contribution in [0.5, 0.6) is 0 Å². The Kier molecular flexibility index (Phi) is 4.68. The largest absolute Gasteiger partial charge is 0.336 e. The molecule has 2 N–H and O–H groups in total. The maximum atomic E-state index is 4.85. The molecule has 0 aliphatic carbocycles. The van der Waals surface area contributed by atoms with Gasteiger partial charge < -0.3 is 4.98 Å². The summed E-state index contributed by atoms with van der Waals surface area (Å²) in [4.78, 5) is 21.0. The van der Waals surface area contributed by atoms with Gasteiger partial charge in [0.1, 0.15) is 11.2 Å². The molecular weight excluding hydrogens is 386 g/mol. The fraction of sp³-hybridized carbons (Fsp3) is 0.0417. The maximum Gasteiger partial charge on any atom is 0.159 e. The molecule has 0 bridgehead atoms. The first-order valence-corrected chi connectivity index (χ1v) is 9.82. The van der Waals surface area contributed by atoms with Crippen molar-refractivity contribution in [3.05, 3.63) is 84.0 Å². The number of aromatic nitrogens is 7. The van der Waals surface area contributed by atoms with Gasteiger partial charge in [-0.05, 0) is 54.5 Å². The first-order valence-electron chi connectivity index (χ1n) is 9.82. The summed E-state index contributed by atoms with van der Waals surface area (Å²) in [5, 5.41) is 9.44. The summed E-state index contributed by atoms with van der Waals surface area (Å²) in [5.41, 5.74) is 5.92. The molecule has 5 rings (SSSR count). The van der Waals surface area contributed by atoms with Gasteiger partial charge in [0.25, 0.3) is 0 Å². The molecule has 0 saturated heterocycles. The predicted octanol–water partition coefficient (Wildman–Crippen LogP) is 3.10. The second-order valence-corrected chi connectivity index (χ2v) is 6.98. The summed E-state index contributed by atoms with van der Waals surface area (Å²) in [6.07, 6.45) is 12.8. The van der Waals surface area contributed by atoms with Gasteiger partial charge in [0.15, 0.2) is 5.82 Å². The first kappa shape index (κ1) is 18.6. The summed E-state index contributed by atoms with van der Waals surface area (Å²) in [5.74, 6) is 0.659. The highest BCUT2D eigenvalue weighted by Gasteiger charge is 2.15. The quantitative estimate of drug-likeness (QED) is 0.479. The zero-order valence-corrected chi connectivity index (χ0v) is 16.9. The Morgan fingerprint density at radius 1 is 1.00 bits per heavy atom. The standard InChI is InChI=1S/C24H19N7/c1-3-19-18(13-15(2)16-6-10-25-11-7-16)22(31-30-19)24-28-20-8-12-27-21(23(20)29-24)17-5-4-9-26-14-17/h3-14,30H,2H2,1H3,(H,28,29)/b18-13+,19-3+. The Bertz CT molecular complexity index is 1500. The highest BCUT2D eigenvalue weighted by atomic mass is 15.1. The van der Waals surface area contributed by atoms with Crippen LogP contribution in [-0.4, -0.2) is 35.1 Å². The lowest BCUT2D eigenvalue weighted by molar-refractivity contribution is 1.05. The zero-order valence-electron chi connectivity index (χ0n) is 16.9. The molecule has 0 atom stereocenters. The van der Waals surface area contributed by atoms with Crippen LogP contribution >= 0.6 is 0 Å². The van der Waals surface area contributed by atoms with Gasteiger partial charge in [0, 0.05) is 41.8 Å². The monoisotopic (exact) mass is 405 g/mol. The van der Waals surface area contributed by atoms with Crippen LogP contribution in [0.1, 0.15) is 12.5 Å². The number of imidazole rings is 1. The van der Waals surface area contributed by atoms with Gasteiger partial charge >= 0.3 is 0 Å². The second-order valence-electron chi connectivity index (χ2n) is 6.98. The van der Waals surface area contributed by atoms with E-state index in [1.807, 2.05) is 49.4 Å². The van der Waals surface area contributed by atoms with E-state index < -0.39 is 0 Å². The number of nitrogens with one attached hydrogen (secondary N) is 2. The van der Waals surface area contributed by atoms with Gasteiger partial charge in [-0.2, -0.15) is 5.10 Å². The van der Waals surface area contributed by atoms with E-state index in [9.17, 15) is 0 Å². The first-order chi connectivity index (χ1) is 15.2. The van der Waals surface area contributed by atoms with Gasteiger partial charge in [0.05, 0.1) is 16.6 Å². The Hall–Kier alpha value is -4.39. The number of hydrogen-bond donors (Lipinski definition) is 2. The van der Waals surface area contributed by atoms with Crippen molar-refractivity contribution >= 4 is 28.8 Å². The molecule has 0 unspecified atom stereocenters.